The van der Waals surface area contributed by atoms with Gasteiger partial charge in [0.2, 0.25) is 6.79 Å². The second-order valence-electron chi connectivity index (χ2n) is 6.47. The van der Waals surface area contributed by atoms with Gasteiger partial charge in [-0.15, -0.1) is 6.58 Å². The Hall–Kier alpha value is -2.53. The van der Waals surface area contributed by atoms with E-state index in [0.29, 0.717) is 23.5 Å². The van der Waals surface area contributed by atoms with Gasteiger partial charge in [0.1, 0.15) is 17.5 Å². The molecule has 0 radical (unpaired) electrons. The molecular weight excluding hydrogens is 320 g/mol. The van der Waals surface area contributed by atoms with Gasteiger partial charge < -0.3 is 18.9 Å². The zero-order valence-corrected chi connectivity index (χ0v) is 14.3. The van der Waals surface area contributed by atoms with E-state index in [1.54, 1.807) is 19.3 Å². The predicted molar refractivity (Wildman–Crippen MR) is 91.3 cm³/mol. The molecule has 0 bridgehead atoms. The quantitative estimate of drug-likeness (QED) is 0.786. The number of methoxy groups -OCH3 is 1. The summed E-state index contributed by atoms with van der Waals surface area (Å²) in [7, 11) is 1.65. The molecule has 5 nitrogen and oxygen atoms in total. The van der Waals surface area contributed by atoms with E-state index >= 15 is 0 Å². The fraction of sp³-hybridized carbons (Fsp3) is 0.350. The number of benzene rings is 1. The van der Waals surface area contributed by atoms with Crippen molar-refractivity contribution in [1.82, 2.24) is 0 Å². The number of ether oxygens (including phenoxy) is 4. The summed E-state index contributed by atoms with van der Waals surface area (Å²) < 4.78 is 22.9. The van der Waals surface area contributed by atoms with Crippen LogP contribution in [0.2, 0.25) is 0 Å². The Labute approximate surface area is 146 Å². The molecule has 0 saturated carbocycles. The number of allylic oxidation sites excluding steroid dienone is 3. The van der Waals surface area contributed by atoms with E-state index in [4.69, 9.17) is 18.9 Å². The lowest BCUT2D eigenvalue weighted by Crippen LogP contribution is -2.38. The topological polar surface area (TPSA) is 54.0 Å². The summed E-state index contributed by atoms with van der Waals surface area (Å²) >= 11 is 0. The second-order valence-corrected chi connectivity index (χ2v) is 6.47. The highest BCUT2D eigenvalue weighted by molar-refractivity contribution is 6.06. The van der Waals surface area contributed by atoms with Crippen LogP contribution < -0.4 is 9.47 Å². The third kappa shape index (κ3) is 2.30. The van der Waals surface area contributed by atoms with Gasteiger partial charge in [-0.3, -0.25) is 4.79 Å². The molecule has 5 heteroatoms. The summed E-state index contributed by atoms with van der Waals surface area (Å²) in [5.41, 5.74) is 0.907. The molecule has 3 aliphatic rings. The van der Waals surface area contributed by atoms with Gasteiger partial charge in [0, 0.05) is 24.7 Å². The maximum absolute atomic E-state index is 12.3. The molecule has 1 fully saturated rings. The molecule has 1 aromatic carbocycles. The summed E-state index contributed by atoms with van der Waals surface area (Å²) in [4.78, 5) is 12.3. The lowest BCUT2D eigenvalue weighted by atomic mass is 9.78. The number of carbonyl (C=O) groups excluding carboxylic acids is 1. The van der Waals surface area contributed by atoms with Gasteiger partial charge in [-0.05, 0) is 30.2 Å². The zero-order chi connectivity index (χ0) is 17.6. The van der Waals surface area contributed by atoms with E-state index in [-0.39, 0.29) is 24.6 Å². The van der Waals surface area contributed by atoms with Crippen molar-refractivity contribution in [2.75, 3.05) is 13.9 Å². The van der Waals surface area contributed by atoms with Crippen molar-refractivity contribution >= 4 is 5.78 Å². The van der Waals surface area contributed by atoms with Crippen LogP contribution in [-0.2, 0) is 14.3 Å². The number of carbonyl (C=O) groups is 1. The molecule has 3 atom stereocenters. The number of rotatable bonds is 4. The molecule has 0 amide bonds. The second kappa shape index (κ2) is 5.77. The van der Waals surface area contributed by atoms with Gasteiger partial charge >= 0.3 is 0 Å². The highest BCUT2D eigenvalue weighted by atomic mass is 16.7. The van der Waals surface area contributed by atoms with Gasteiger partial charge in [-0.25, -0.2) is 0 Å². The summed E-state index contributed by atoms with van der Waals surface area (Å²) in [6.45, 7) is 6.02. The Morgan fingerprint density at radius 2 is 2.16 bits per heavy atom. The van der Waals surface area contributed by atoms with Crippen LogP contribution in [0.5, 0.6) is 11.5 Å². The van der Waals surface area contributed by atoms with E-state index in [0.717, 1.165) is 11.3 Å². The standard InChI is InChI=1S/C20H20O5/c1-4-5-14-10-20(22-3)12(2)19(25-18(20)9-15(14)21)13-6-7-16-17(8-13)24-11-23-16/h4,6-10,12,19H,1,5,11H2,2-3H3/t12-,19+,20-/m1/s1. The maximum atomic E-state index is 12.3. The highest BCUT2D eigenvalue weighted by Crippen LogP contribution is 2.52. The predicted octanol–water partition coefficient (Wildman–Crippen LogP) is 3.48. The monoisotopic (exact) mass is 340 g/mol. The average Bonchev–Trinajstić information content (AvgIpc) is 3.18. The van der Waals surface area contributed by atoms with Gasteiger partial charge in [-0.2, -0.15) is 0 Å². The third-order valence-corrected chi connectivity index (χ3v) is 5.16. The molecule has 1 aliphatic carbocycles. The van der Waals surface area contributed by atoms with Crippen molar-refractivity contribution in [3.8, 4) is 11.5 Å². The summed E-state index contributed by atoms with van der Waals surface area (Å²) in [5.74, 6) is 1.93. The van der Waals surface area contributed by atoms with Crippen LogP contribution in [0.3, 0.4) is 0 Å². The summed E-state index contributed by atoms with van der Waals surface area (Å²) in [5, 5.41) is 0. The largest absolute Gasteiger partial charge is 0.486 e. The third-order valence-electron chi connectivity index (χ3n) is 5.16. The molecule has 2 aliphatic heterocycles. The first kappa shape index (κ1) is 16.0. The number of hydrogen-bond acceptors (Lipinski definition) is 5. The SMILES string of the molecule is C=CCC1=C[C@]2(OC)C(=CC1=O)O[C@H](c1ccc3c(c1)OCO3)[C@H]2C. The van der Waals surface area contributed by atoms with Crippen molar-refractivity contribution in [3.05, 3.63) is 59.9 Å². The van der Waals surface area contributed by atoms with Crippen molar-refractivity contribution < 1.29 is 23.7 Å². The normalized spacial score (nSPS) is 29.6. The lowest BCUT2D eigenvalue weighted by Gasteiger charge is -2.31. The van der Waals surface area contributed by atoms with E-state index < -0.39 is 5.60 Å². The molecule has 130 valence electrons. The number of ketones is 1. The fourth-order valence-electron chi connectivity index (χ4n) is 3.78. The maximum Gasteiger partial charge on any atom is 0.231 e. The van der Waals surface area contributed by atoms with E-state index in [1.807, 2.05) is 24.3 Å². The molecule has 0 unspecified atom stereocenters. The van der Waals surface area contributed by atoms with Crippen LogP contribution in [0.15, 0.2) is 54.3 Å². The molecule has 0 spiro atoms. The lowest BCUT2D eigenvalue weighted by molar-refractivity contribution is -0.112. The summed E-state index contributed by atoms with van der Waals surface area (Å²) in [6, 6.07) is 5.78. The Morgan fingerprint density at radius 1 is 1.36 bits per heavy atom. The van der Waals surface area contributed by atoms with Crippen molar-refractivity contribution in [2.45, 2.75) is 25.0 Å². The molecule has 4 rings (SSSR count). The first-order valence-corrected chi connectivity index (χ1v) is 8.29. The van der Waals surface area contributed by atoms with Crippen LogP contribution in [0, 0.1) is 5.92 Å². The molecular formula is C20H20O5. The van der Waals surface area contributed by atoms with E-state index in [9.17, 15) is 4.79 Å². The minimum Gasteiger partial charge on any atom is -0.486 e. The van der Waals surface area contributed by atoms with Gasteiger partial charge in [0.25, 0.3) is 0 Å². The van der Waals surface area contributed by atoms with Crippen molar-refractivity contribution in [1.29, 1.82) is 0 Å². The Bertz CT molecular complexity index is 806. The van der Waals surface area contributed by atoms with Crippen LogP contribution in [-0.4, -0.2) is 25.3 Å². The Morgan fingerprint density at radius 3 is 2.92 bits per heavy atom. The first-order chi connectivity index (χ1) is 12.1. The highest BCUT2D eigenvalue weighted by Gasteiger charge is 2.53. The minimum atomic E-state index is -0.743. The molecule has 0 N–H and O–H groups in total. The summed E-state index contributed by atoms with van der Waals surface area (Å²) in [6.07, 6.45) is 5.43. The van der Waals surface area contributed by atoms with Gasteiger partial charge in [0.05, 0.1) is 0 Å². The van der Waals surface area contributed by atoms with Crippen LogP contribution in [0.25, 0.3) is 0 Å². The van der Waals surface area contributed by atoms with Gasteiger partial charge in [-0.1, -0.05) is 19.1 Å². The average molecular weight is 340 g/mol. The Balaban J connectivity index is 1.74. The van der Waals surface area contributed by atoms with Crippen LogP contribution in [0.1, 0.15) is 25.0 Å². The van der Waals surface area contributed by atoms with E-state index in [2.05, 4.69) is 13.5 Å². The molecule has 1 aromatic rings. The zero-order valence-electron chi connectivity index (χ0n) is 14.3. The fourth-order valence-corrected chi connectivity index (χ4v) is 3.78. The van der Waals surface area contributed by atoms with E-state index in [1.165, 1.54) is 0 Å². The molecule has 0 aromatic heterocycles. The molecule has 25 heavy (non-hydrogen) atoms. The van der Waals surface area contributed by atoms with Crippen LogP contribution >= 0.6 is 0 Å². The first-order valence-electron chi connectivity index (χ1n) is 8.29. The van der Waals surface area contributed by atoms with Crippen LogP contribution in [0.4, 0.5) is 0 Å². The minimum absolute atomic E-state index is 0.0166. The number of fused-ring (bicyclic) bond motifs is 2. The molecule has 1 saturated heterocycles. The van der Waals surface area contributed by atoms with Gasteiger partial charge in [0.15, 0.2) is 17.3 Å². The molecule has 2 heterocycles. The number of hydrogen-bond donors (Lipinski definition) is 0. The van der Waals surface area contributed by atoms with Crippen molar-refractivity contribution in [3.63, 3.8) is 0 Å². The van der Waals surface area contributed by atoms with Crippen molar-refractivity contribution in [2.24, 2.45) is 5.92 Å². The Kier molecular flexibility index (Phi) is 3.69. The smallest absolute Gasteiger partial charge is 0.231 e.